The summed E-state index contributed by atoms with van der Waals surface area (Å²) in [6.45, 7) is 4.42. The maximum atomic E-state index is 11.6. The van der Waals surface area contributed by atoms with Crippen molar-refractivity contribution in [3.63, 3.8) is 0 Å². The zero-order chi connectivity index (χ0) is 16.9. The summed E-state index contributed by atoms with van der Waals surface area (Å²) in [7, 11) is 0. The number of hydrogen-bond donors (Lipinski definition) is 0. The lowest BCUT2D eigenvalue weighted by atomic mass is 10.3. The number of carbonyl (C=O) groups excluding carboxylic acids is 1. The second-order valence-electron chi connectivity index (χ2n) is 5.85. The van der Waals surface area contributed by atoms with Gasteiger partial charge in [0.2, 0.25) is 11.7 Å². The van der Waals surface area contributed by atoms with E-state index in [-0.39, 0.29) is 5.97 Å². The monoisotopic (exact) mass is 413 g/mol. The van der Waals surface area contributed by atoms with Crippen molar-refractivity contribution in [3.05, 3.63) is 21.8 Å². The van der Waals surface area contributed by atoms with E-state index in [0.717, 1.165) is 21.1 Å². The van der Waals surface area contributed by atoms with Crippen LogP contribution in [0.2, 0.25) is 0 Å². The summed E-state index contributed by atoms with van der Waals surface area (Å²) < 4.78 is 11.4. The lowest BCUT2D eigenvalue weighted by Gasteiger charge is -2.19. The van der Waals surface area contributed by atoms with Crippen molar-refractivity contribution in [2.75, 3.05) is 19.7 Å². The molecule has 1 aliphatic carbocycles. The highest BCUT2D eigenvalue weighted by atomic mass is 79.9. The second kappa shape index (κ2) is 8.22. The van der Waals surface area contributed by atoms with Crippen molar-refractivity contribution in [1.29, 1.82) is 0 Å². The van der Waals surface area contributed by atoms with Crippen molar-refractivity contribution in [3.8, 4) is 10.7 Å². The fraction of sp³-hybridized carbons (Fsp3) is 0.562. The van der Waals surface area contributed by atoms with Gasteiger partial charge in [-0.2, -0.15) is 4.98 Å². The van der Waals surface area contributed by atoms with Crippen molar-refractivity contribution in [2.45, 2.75) is 32.7 Å². The number of esters is 1. The zero-order valence-corrected chi connectivity index (χ0v) is 15.9. The highest BCUT2D eigenvalue weighted by molar-refractivity contribution is 9.11. The van der Waals surface area contributed by atoms with Crippen LogP contribution in [0.3, 0.4) is 0 Å². The Morgan fingerprint density at radius 1 is 1.50 bits per heavy atom. The first-order chi connectivity index (χ1) is 11.6. The summed E-state index contributed by atoms with van der Waals surface area (Å²) in [5, 5.41) is 4.06. The van der Waals surface area contributed by atoms with Gasteiger partial charge in [-0.3, -0.25) is 9.69 Å². The quantitative estimate of drug-likeness (QED) is 0.583. The molecule has 0 saturated heterocycles. The number of rotatable bonds is 9. The summed E-state index contributed by atoms with van der Waals surface area (Å²) in [5.74, 6) is 1.76. The predicted octanol–water partition coefficient (Wildman–Crippen LogP) is 3.73. The molecule has 0 atom stereocenters. The van der Waals surface area contributed by atoms with Gasteiger partial charge in [0.15, 0.2) is 0 Å². The average molecular weight is 414 g/mol. The molecule has 0 aliphatic heterocycles. The molecule has 1 saturated carbocycles. The standard InChI is InChI=1S/C16H20BrN3O3S/c1-2-22-15(21)7-8-20(9-11-3-4-11)10-14-18-16(19-23-14)12-5-6-13(17)24-12/h5-6,11H,2-4,7-10H2,1H3. The fourth-order valence-corrected chi connectivity index (χ4v) is 3.74. The SMILES string of the molecule is CCOC(=O)CCN(Cc1nc(-c2ccc(Br)s2)no1)CC1CC1. The smallest absolute Gasteiger partial charge is 0.307 e. The molecule has 0 N–H and O–H groups in total. The Hall–Kier alpha value is -1.25. The number of ether oxygens (including phenoxy) is 1. The summed E-state index contributed by atoms with van der Waals surface area (Å²) >= 11 is 5.01. The molecule has 1 aliphatic rings. The topological polar surface area (TPSA) is 68.5 Å². The van der Waals surface area contributed by atoms with Gasteiger partial charge in [0.05, 0.1) is 28.2 Å². The molecule has 0 radical (unpaired) electrons. The van der Waals surface area contributed by atoms with E-state index in [1.54, 1.807) is 11.3 Å². The molecule has 0 bridgehead atoms. The van der Waals surface area contributed by atoms with Gasteiger partial charge in [-0.1, -0.05) is 5.16 Å². The summed E-state index contributed by atoms with van der Waals surface area (Å²) in [6, 6.07) is 3.93. The maximum absolute atomic E-state index is 11.6. The highest BCUT2D eigenvalue weighted by Crippen LogP contribution is 2.31. The van der Waals surface area contributed by atoms with Crippen LogP contribution in [0.5, 0.6) is 0 Å². The number of carbonyl (C=O) groups is 1. The minimum atomic E-state index is -0.159. The van der Waals surface area contributed by atoms with Gasteiger partial charge < -0.3 is 9.26 Å². The molecule has 2 heterocycles. The van der Waals surface area contributed by atoms with Crippen LogP contribution in [0.15, 0.2) is 20.4 Å². The molecule has 1 fully saturated rings. The minimum Gasteiger partial charge on any atom is -0.466 e. The minimum absolute atomic E-state index is 0.159. The van der Waals surface area contributed by atoms with E-state index in [2.05, 4.69) is 31.0 Å². The van der Waals surface area contributed by atoms with E-state index in [0.29, 0.717) is 37.8 Å². The van der Waals surface area contributed by atoms with E-state index < -0.39 is 0 Å². The number of halogens is 1. The molecule has 24 heavy (non-hydrogen) atoms. The molecule has 0 aromatic carbocycles. The first-order valence-corrected chi connectivity index (χ1v) is 9.71. The normalized spacial score (nSPS) is 14.3. The van der Waals surface area contributed by atoms with Gasteiger partial charge in [-0.25, -0.2) is 0 Å². The first-order valence-electron chi connectivity index (χ1n) is 8.10. The van der Waals surface area contributed by atoms with E-state index in [9.17, 15) is 4.79 Å². The molecule has 6 nitrogen and oxygen atoms in total. The van der Waals surface area contributed by atoms with Crippen LogP contribution < -0.4 is 0 Å². The van der Waals surface area contributed by atoms with Crippen molar-refractivity contribution >= 4 is 33.2 Å². The number of thiophene rings is 1. The van der Waals surface area contributed by atoms with Crippen LogP contribution >= 0.6 is 27.3 Å². The molecule has 0 spiro atoms. The van der Waals surface area contributed by atoms with Gasteiger partial charge in [0, 0.05) is 13.1 Å². The van der Waals surface area contributed by atoms with Gasteiger partial charge >= 0.3 is 5.97 Å². The molecule has 0 amide bonds. The fourth-order valence-electron chi connectivity index (χ4n) is 2.43. The van der Waals surface area contributed by atoms with Crippen molar-refractivity contribution in [1.82, 2.24) is 15.0 Å². The molecule has 2 aromatic rings. The van der Waals surface area contributed by atoms with Crippen LogP contribution in [0.4, 0.5) is 0 Å². The van der Waals surface area contributed by atoms with Crippen LogP contribution in [-0.4, -0.2) is 40.7 Å². The van der Waals surface area contributed by atoms with Crippen LogP contribution in [-0.2, 0) is 16.1 Å². The van der Waals surface area contributed by atoms with E-state index in [4.69, 9.17) is 9.26 Å². The zero-order valence-electron chi connectivity index (χ0n) is 13.5. The summed E-state index contributed by atoms with van der Waals surface area (Å²) in [6.07, 6.45) is 2.90. The number of aromatic nitrogens is 2. The van der Waals surface area contributed by atoms with E-state index in [1.165, 1.54) is 12.8 Å². The third kappa shape index (κ3) is 5.12. The molecular weight excluding hydrogens is 394 g/mol. The molecule has 0 unspecified atom stereocenters. The predicted molar refractivity (Wildman–Crippen MR) is 94.6 cm³/mol. The Labute approximate surface area is 153 Å². The highest BCUT2D eigenvalue weighted by Gasteiger charge is 2.25. The van der Waals surface area contributed by atoms with Gasteiger partial charge in [0.1, 0.15) is 0 Å². The van der Waals surface area contributed by atoms with Gasteiger partial charge in [-0.15, -0.1) is 11.3 Å². The Morgan fingerprint density at radius 2 is 2.33 bits per heavy atom. The van der Waals surface area contributed by atoms with E-state index >= 15 is 0 Å². The molecule has 8 heteroatoms. The Kier molecular flexibility index (Phi) is 6.02. The van der Waals surface area contributed by atoms with Gasteiger partial charge in [-0.05, 0) is 53.7 Å². The third-order valence-corrected chi connectivity index (χ3v) is 5.39. The molecular formula is C16H20BrN3O3S. The lowest BCUT2D eigenvalue weighted by Crippen LogP contribution is -2.28. The second-order valence-corrected chi connectivity index (χ2v) is 8.31. The Balaban J connectivity index is 1.59. The summed E-state index contributed by atoms with van der Waals surface area (Å²) in [4.78, 5) is 19.2. The van der Waals surface area contributed by atoms with Crippen molar-refractivity contribution < 1.29 is 14.1 Å². The largest absolute Gasteiger partial charge is 0.466 e. The van der Waals surface area contributed by atoms with Crippen LogP contribution in [0.1, 0.15) is 32.1 Å². The molecule has 3 rings (SSSR count). The average Bonchev–Trinajstić information content (AvgIpc) is 3.06. The Bertz CT molecular complexity index is 684. The molecule has 130 valence electrons. The molecule has 2 aromatic heterocycles. The van der Waals surface area contributed by atoms with Crippen molar-refractivity contribution in [2.24, 2.45) is 5.92 Å². The number of nitrogens with zero attached hydrogens (tertiary/aromatic N) is 3. The third-order valence-electron chi connectivity index (χ3n) is 3.77. The first kappa shape index (κ1) is 17.6. The van der Waals surface area contributed by atoms with Crippen LogP contribution in [0.25, 0.3) is 10.7 Å². The van der Waals surface area contributed by atoms with Gasteiger partial charge in [0.25, 0.3) is 0 Å². The summed E-state index contributed by atoms with van der Waals surface area (Å²) in [5.41, 5.74) is 0. The lowest BCUT2D eigenvalue weighted by molar-refractivity contribution is -0.143. The Morgan fingerprint density at radius 3 is 3.00 bits per heavy atom. The van der Waals surface area contributed by atoms with E-state index in [1.807, 2.05) is 19.1 Å². The van der Waals surface area contributed by atoms with Crippen LogP contribution in [0, 0.1) is 5.92 Å². The number of hydrogen-bond acceptors (Lipinski definition) is 7. The maximum Gasteiger partial charge on any atom is 0.307 e.